The molecule has 4 nitrogen and oxygen atoms in total. The van der Waals surface area contributed by atoms with E-state index in [9.17, 15) is 9.59 Å². The second-order valence-corrected chi connectivity index (χ2v) is 7.26. The Morgan fingerprint density at radius 1 is 0.733 bits per heavy atom. The fourth-order valence-corrected chi connectivity index (χ4v) is 3.45. The Morgan fingerprint density at radius 3 is 2.17 bits per heavy atom. The van der Waals surface area contributed by atoms with Crippen molar-refractivity contribution >= 4 is 34.0 Å². The summed E-state index contributed by atoms with van der Waals surface area (Å²) in [4.78, 5) is 24.9. The molecule has 0 unspecified atom stereocenters. The number of carbonyl (C=O) groups excluding carboxylic acids is 2. The van der Waals surface area contributed by atoms with Crippen molar-refractivity contribution in [3.63, 3.8) is 0 Å². The van der Waals surface area contributed by atoms with Crippen LogP contribution in [0.3, 0.4) is 0 Å². The SMILES string of the molecule is Cc1cccc(C(=O)Nc2ccc(NC(=O)Cc3cccc4ccccc34)cc2)c1. The van der Waals surface area contributed by atoms with Gasteiger partial charge in [-0.3, -0.25) is 9.59 Å². The van der Waals surface area contributed by atoms with E-state index in [0.717, 1.165) is 21.9 Å². The summed E-state index contributed by atoms with van der Waals surface area (Å²) in [5.74, 6) is -0.241. The molecule has 0 saturated carbocycles. The molecule has 0 fully saturated rings. The zero-order chi connectivity index (χ0) is 20.9. The molecule has 0 saturated heterocycles. The molecule has 30 heavy (non-hydrogen) atoms. The number of carbonyl (C=O) groups is 2. The third-order valence-electron chi connectivity index (χ3n) is 4.94. The van der Waals surface area contributed by atoms with Gasteiger partial charge >= 0.3 is 0 Å². The lowest BCUT2D eigenvalue weighted by molar-refractivity contribution is -0.115. The Morgan fingerprint density at radius 2 is 1.40 bits per heavy atom. The maximum absolute atomic E-state index is 12.5. The van der Waals surface area contributed by atoms with E-state index in [4.69, 9.17) is 0 Å². The Hall–Kier alpha value is -3.92. The first-order valence-electron chi connectivity index (χ1n) is 9.83. The number of amides is 2. The van der Waals surface area contributed by atoms with Crippen molar-refractivity contribution in [1.29, 1.82) is 0 Å². The lowest BCUT2D eigenvalue weighted by Crippen LogP contribution is -2.15. The van der Waals surface area contributed by atoms with Crippen LogP contribution in [0.4, 0.5) is 11.4 Å². The van der Waals surface area contributed by atoms with Gasteiger partial charge in [0, 0.05) is 16.9 Å². The molecule has 0 atom stereocenters. The van der Waals surface area contributed by atoms with Gasteiger partial charge in [-0.25, -0.2) is 0 Å². The van der Waals surface area contributed by atoms with E-state index >= 15 is 0 Å². The van der Waals surface area contributed by atoms with Crippen LogP contribution < -0.4 is 10.6 Å². The van der Waals surface area contributed by atoms with Crippen molar-refractivity contribution in [2.24, 2.45) is 0 Å². The van der Waals surface area contributed by atoms with Crippen molar-refractivity contribution in [3.05, 3.63) is 108 Å². The Balaban J connectivity index is 1.39. The number of anilines is 2. The van der Waals surface area contributed by atoms with E-state index in [0.29, 0.717) is 23.4 Å². The van der Waals surface area contributed by atoms with Crippen LogP contribution in [-0.4, -0.2) is 11.8 Å². The minimum absolute atomic E-state index is 0.0806. The summed E-state index contributed by atoms with van der Waals surface area (Å²) in [6.07, 6.45) is 0.299. The monoisotopic (exact) mass is 394 g/mol. The van der Waals surface area contributed by atoms with Gasteiger partial charge in [0.2, 0.25) is 5.91 Å². The van der Waals surface area contributed by atoms with Crippen LogP contribution in [0.2, 0.25) is 0 Å². The van der Waals surface area contributed by atoms with Crippen molar-refractivity contribution in [1.82, 2.24) is 0 Å². The highest BCUT2D eigenvalue weighted by molar-refractivity contribution is 6.04. The number of aryl methyl sites for hydroxylation is 1. The molecule has 0 radical (unpaired) electrons. The number of hydrogen-bond donors (Lipinski definition) is 2. The number of benzene rings is 4. The second kappa shape index (κ2) is 8.62. The first kappa shape index (κ1) is 19.4. The summed E-state index contributed by atoms with van der Waals surface area (Å²) in [5, 5.41) is 8.01. The minimum Gasteiger partial charge on any atom is -0.326 e. The minimum atomic E-state index is -0.161. The molecule has 148 valence electrons. The van der Waals surface area contributed by atoms with Crippen LogP contribution in [0.1, 0.15) is 21.5 Å². The predicted molar refractivity (Wildman–Crippen MR) is 122 cm³/mol. The molecule has 0 aliphatic heterocycles. The van der Waals surface area contributed by atoms with Crippen LogP contribution in [0, 0.1) is 6.92 Å². The smallest absolute Gasteiger partial charge is 0.255 e. The maximum Gasteiger partial charge on any atom is 0.255 e. The van der Waals surface area contributed by atoms with Crippen molar-refractivity contribution in [2.45, 2.75) is 13.3 Å². The summed E-state index contributed by atoms with van der Waals surface area (Å²) in [7, 11) is 0. The summed E-state index contributed by atoms with van der Waals surface area (Å²) in [5.41, 5.74) is 4.00. The molecule has 4 rings (SSSR count). The Bertz CT molecular complexity index is 1210. The van der Waals surface area contributed by atoms with E-state index in [-0.39, 0.29) is 11.8 Å². The fraction of sp³-hybridized carbons (Fsp3) is 0.0769. The molecule has 0 aliphatic rings. The molecule has 0 aliphatic carbocycles. The van der Waals surface area contributed by atoms with Crippen LogP contribution in [-0.2, 0) is 11.2 Å². The molecular weight excluding hydrogens is 372 g/mol. The summed E-state index contributed by atoms with van der Waals surface area (Å²) in [6, 6.07) is 28.6. The van der Waals surface area contributed by atoms with Crippen LogP contribution >= 0.6 is 0 Å². The van der Waals surface area contributed by atoms with Gasteiger partial charge in [-0.05, 0) is 59.7 Å². The quantitative estimate of drug-likeness (QED) is 0.464. The number of fused-ring (bicyclic) bond motifs is 1. The Labute approximate surface area is 175 Å². The molecule has 2 amide bonds. The second-order valence-electron chi connectivity index (χ2n) is 7.26. The molecule has 0 spiro atoms. The van der Waals surface area contributed by atoms with E-state index in [2.05, 4.69) is 10.6 Å². The summed E-state index contributed by atoms with van der Waals surface area (Å²) >= 11 is 0. The zero-order valence-corrected chi connectivity index (χ0v) is 16.7. The van der Waals surface area contributed by atoms with Gasteiger partial charge in [0.1, 0.15) is 0 Å². The van der Waals surface area contributed by atoms with Crippen molar-refractivity contribution in [3.8, 4) is 0 Å². The van der Waals surface area contributed by atoms with Crippen molar-refractivity contribution < 1.29 is 9.59 Å². The number of rotatable bonds is 5. The summed E-state index contributed by atoms with van der Waals surface area (Å²) < 4.78 is 0. The van der Waals surface area contributed by atoms with Gasteiger partial charge in [0.15, 0.2) is 0 Å². The third kappa shape index (κ3) is 4.55. The van der Waals surface area contributed by atoms with Gasteiger partial charge in [0.05, 0.1) is 6.42 Å². The Kier molecular flexibility index (Phi) is 5.57. The zero-order valence-electron chi connectivity index (χ0n) is 16.7. The van der Waals surface area contributed by atoms with E-state index in [1.54, 1.807) is 30.3 Å². The molecular formula is C26H22N2O2. The van der Waals surface area contributed by atoms with Gasteiger partial charge in [0.25, 0.3) is 5.91 Å². The number of hydrogen-bond acceptors (Lipinski definition) is 2. The lowest BCUT2D eigenvalue weighted by Gasteiger charge is -2.10. The first-order valence-corrected chi connectivity index (χ1v) is 9.83. The molecule has 4 aromatic rings. The molecule has 0 bridgehead atoms. The number of nitrogens with one attached hydrogen (secondary N) is 2. The van der Waals surface area contributed by atoms with Gasteiger partial charge in [-0.1, -0.05) is 60.2 Å². The van der Waals surface area contributed by atoms with Crippen LogP contribution in [0.5, 0.6) is 0 Å². The van der Waals surface area contributed by atoms with Gasteiger partial charge in [-0.15, -0.1) is 0 Å². The topological polar surface area (TPSA) is 58.2 Å². The maximum atomic E-state index is 12.5. The lowest BCUT2D eigenvalue weighted by atomic mass is 10.0. The standard InChI is InChI=1S/C26H22N2O2/c1-18-6-4-10-21(16-18)26(30)28-23-14-12-22(13-15-23)27-25(29)17-20-9-5-8-19-7-2-3-11-24(19)20/h2-16H,17H2,1H3,(H,27,29)(H,28,30). The van der Waals surface area contributed by atoms with Crippen LogP contribution in [0.15, 0.2) is 91.0 Å². The molecule has 4 heteroatoms. The normalized spacial score (nSPS) is 10.6. The van der Waals surface area contributed by atoms with Crippen LogP contribution in [0.25, 0.3) is 10.8 Å². The first-order chi connectivity index (χ1) is 14.6. The van der Waals surface area contributed by atoms with Gasteiger partial charge in [-0.2, -0.15) is 0 Å². The van der Waals surface area contributed by atoms with Crippen molar-refractivity contribution in [2.75, 3.05) is 10.6 Å². The van der Waals surface area contributed by atoms with E-state index in [1.165, 1.54) is 0 Å². The molecule has 2 N–H and O–H groups in total. The largest absolute Gasteiger partial charge is 0.326 e. The highest BCUT2D eigenvalue weighted by Gasteiger charge is 2.09. The average molecular weight is 394 g/mol. The third-order valence-corrected chi connectivity index (χ3v) is 4.94. The molecule has 0 heterocycles. The van der Waals surface area contributed by atoms with E-state index in [1.807, 2.05) is 67.6 Å². The van der Waals surface area contributed by atoms with Gasteiger partial charge < -0.3 is 10.6 Å². The van der Waals surface area contributed by atoms with E-state index < -0.39 is 0 Å². The fourth-order valence-electron chi connectivity index (χ4n) is 3.45. The summed E-state index contributed by atoms with van der Waals surface area (Å²) in [6.45, 7) is 1.95. The highest BCUT2D eigenvalue weighted by Crippen LogP contribution is 2.20. The molecule has 4 aromatic carbocycles. The molecule has 0 aromatic heterocycles. The average Bonchev–Trinajstić information content (AvgIpc) is 2.75. The highest BCUT2D eigenvalue weighted by atomic mass is 16.2. The predicted octanol–water partition coefficient (Wildman–Crippen LogP) is 5.58.